The van der Waals surface area contributed by atoms with Crippen LogP contribution in [0.4, 0.5) is 0 Å². The van der Waals surface area contributed by atoms with Gasteiger partial charge in [0.05, 0.1) is 33.8 Å². The van der Waals surface area contributed by atoms with E-state index in [2.05, 4.69) is 32.2 Å². The minimum Gasteiger partial charge on any atom is -0.456 e. The highest BCUT2D eigenvalue weighted by molar-refractivity contribution is 7.47. The summed E-state index contributed by atoms with van der Waals surface area (Å²) in [5, 5.41) is 3.08. The molecule has 0 aromatic carbocycles. The van der Waals surface area contributed by atoms with Gasteiger partial charge in [0.1, 0.15) is 19.3 Å². The molecule has 0 bridgehead atoms. The Balaban J connectivity index is 5.05. The zero-order chi connectivity index (χ0) is 59.3. The maximum atomic E-state index is 13.6. The van der Waals surface area contributed by atoms with Crippen molar-refractivity contribution in [3.05, 3.63) is 12.2 Å². The number of ether oxygens (including phenoxy) is 1. The van der Waals surface area contributed by atoms with E-state index in [4.69, 9.17) is 13.8 Å². The summed E-state index contributed by atoms with van der Waals surface area (Å²) in [4.78, 5) is 37.9. The molecule has 0 saturated heterocycles. The average Bonchev–Trinajstić information content (AvgIpc) is 3.44. The van der Waals surface area contributed by atoms with E-state index in [1.807, 2.05) is 27.2 Å². The van der Waals surface area contributed by atoms with Crippen LogP contribution in [0.1, 0.15) is 380 Å². The maximum Gasteiger partial charge on any atom is 0.472 e. The summed E-state index contributed by atoms with van der Waals surface area (Å²) in [7, 11) is 1.52. The van der Waals surface area contributed by atoms with E-state index in [1.54, 1.807) is 0 Å². The molecule has 0 saturated carbocycles. The highest BCUT2D eigenvalue weighted by Gasteiger charge is 2.30. The van der Waals surface area contributed by atoms with Crippen LogP contribution in [0, 0.1) is 0 Å². The van der Waals surface area contributed by atoms with Gasteiger partial charge in [0.15, 0.2) is 0 Å². The first-order valence-electron chi connectivity index (χ1n) is 36.0. The summed E-state index contributed by atoms with van der Waals surface area (Å²) in [6, 6.07) is -0.841. The second-order valence-corrected chi connectivity index (χ2v) is 27.6. The van der Waals surface area contributed by atoms with Crippen LogP contribution in [-0.2, 0) is 27.9 Å². The predicted molar refractivity (Wildman–Crippen MR) is 351 cm³/mol. The van der Waals surface area contributed by atoms with Crippen LogP contribution in [0.15, 0.2) is 12.2 Å². The Kier molecular flexibility index (Phi) is 60.9. The van der Waals surface area contributed by atoms with Crippen LogP contribution in [0.2, 0.25) is 0 Å². The number of esters is 1. The van der Waals surface area contributed by atoms with Crippen molar-refractivity contribution >= 4 is 19.7 Å². The van der Waals surface area contributed by atoms with Gasteiger partial charge in [-0.25, -0.2) is 4.57 Å². The Hall–Kier alpha value is -1.25. The number of hydrogen-bond acceptors (Lipinski definition) is 6. The van der Waals surface area contributed by atoms with Crippen molar-refractivity contribution in [2.75, 3.05) is 40.9 Å². The minimum absolute atomic E-state index is 0.0462. The summed E-state index contributed by atoms with van der Waals surface area (Å²) in [5.74, 6) is -0.476. The quantitative estimate of drug-likeness (QED) is 0.0205. The van der Waals surface area contributed by atoms with Crippen LogP contribution < -0.4 is 5.32 Å². The molecule has 0 radical (unpaired) electrons. The summed E-state index contributed by atoms with van der Waals surface area (Å²) in [6.07, 6.45) is 73.6. The topological polar surface area (TPSA) is 111 Å². The number of phosphoric acid groups is 1. The van der Waals surface area contributed by atoms with E-state index in [1.165, 1.54) is 289 Å². The molecular weight excluding hydrogens is 1020 g/mol. The summed E-state index contributed by atoms with van der Waals surface area (Å²) in [5.41, 5.74) is 0. The largest absolute Gasteiger partial charge is 0.472 e. The lowest BCUT2D eigenvalue weighted by molar-refractivity contribution is -0.870. The Morgan fingerprint density at radius 1 is 0.420 bits per heavy atom. The van der Waals surface area contributed by atoms with Crippen molar-refractivity contribution in [3.8, 4) is 0 Å². The van der Waals surface area contributed by atoms with Crippen LogP contribution in [0.3, 0.4) is 0 Å². The second kappa shape index (κ2) is 61.8. The van der Waals surface area contributed by atoms with Gasteiger partial charge >= 0.3 is 13.8 Å². The number of hydrogen-bond donors (Lipinski definition) is 2. The van der Waals surface area contributed by atoms with Crippen molar-refractivity contribution in [2.24, 2.45) is 0 Å². The van der Waals surface area contributed by atoms with Gasteiger partial charge < -0.3 is 19.4 Å². The van der Waals surface area contributed by atoms with Gasteiger partial charge in [-0.1, -0.05) is 348 Å². The van der Waals surface area contributed by atoms with Crippen LogP contribution in [0.25, 0.3) is 0 Å². The third kappa shape index (κ3) is 63.1. The van der Waals surface area contributed by atoms with Crippen molar-refractivity contribution in [2.45, 2.75) is 392 Å². The van der Waals surface area contributed by atoms with Gasteiger partial charge in [-0.15, -0.1) is 0 Å². The molecule has 0 rings (SSSR count). The number of amides is 1. The number of allylic oxidation sites excluding steroid dienone is 1. The number of carbonyl (C=O) groups excluding carboxylic acids is 2. The highest BCUT2D eigenvalue weighted by atomic mass is 31.2. The molecule has 10 heteroatoms. The van der Waals surface area contributed by atoms with Gasteiger partial charge in [-0.2, -0.15) is 0 Å². The van der Waals surface area contributed by atoms with E-state index in [-0.39, 0.29) is 25.1 Å². The Labute approximate surface area is 505 Å². The van der Waals surface area contributed by atoms with E-state index in [0.717, 1.165) is 57.8 Å². The van der Waals surface area contributed by atoms with E-state index in [9.17, 15) is 19.0 Å². The first-order chi connectivity index (χ1) is 39.4. The van der Waals surface area contributed by atoms with E-state index >= 15 is 0 Å². The summed E-state index contributed by atoms with van der Waals surface area (Å²) < 4.78 is 30.9. The fourth-order valence-electron chi connectivity index (χ4n) is 11.2. The van der Waals surface area contributed by atoms with Crippen LogP contribution in [0.5, 0.6) is 0 Å². The van der Waals surface area contributed by atoms with Crippen molar-refractivity contribution in [1.29, 1.82) is 0 Å². The molecule has 3 unspecified atom stereocenters. The third-order valence-electron chi connectivity index (χ3n) is 16.7. The van der Waals surface area contributed by atoms with Gasteiger partial charge in [-0.05, 0) is 31.8 Å². The summed E-state index contributed by atoms with van der Waals surface area (Å²) >= 11 is 0. The Morgan fingerprint density at radius 3 is 1.01 bits per heavy atom. The number of likely N-dealkylation sites (N-methyl/N-ethyl adjacent to an activating group) is 1. The van der Waals surface area contributed by atoms with Gasteiger partial charge in [0.2, 0.25) is 5.91 Å². The number of rotatable bonds is 67. The first kappa shape index (κ1) is 79.8. The molecule has 0 aliphatic rings. The van der Waals surface area contributed by atoms with Crippen LogP contribution >= 0.6 is 7.82 Å². The lowest BCUT2D eigenvalue weighted by atomic mass is 10.0. The standard InChI is InChI=1S/C71H141N2O7P/c1-7-10-13-16-19-22-25-28-30-32-34-35-36-37-39-41-43-46-49-52-55-58-61-64-71(75)80-69(62-59-56-53-50-47-44-27-24-21-18-15-12-9-3)68(67-79-81(76,77)78-66-65-73(4,5)6)72-70(74)63-60-57-54-51-48-45-42-40-38-33-31-29-26-23-20-17-14-11-8-2/h59,62,68-69H,7-58,60-61,63-67H2,1-6H3,(H-,72,74,76,77)/p+1/b62-59+. The Morgan fingerprint density at radius 2 is 0.704 bits per heavy atom. The third-order valence-corrected chi connectivity index (χ3v) is 17.7. The zero-order valence-corrected chi connectivity index (χ0v) is 56.2. The molecule has 9 nitrogen and oxygen atoms in total. The van der Waals surface area contributed by atoms with E-state index in [0.29, 0.717) is 23.9 Å². The van der Waals surface area contributed by atoms with Gasteiger partial charge in [0, 0.05) is 12.8 Å². The number of unbranched alkanes of at least 4 members (excludes halogenated alkanes) is 51. The number of quaternary nitrogens is 1. The number of nitrogens with one attached hydrogen (secondary N) is 1. The smallest absolute Gasteiger partial charge is 0.456 e. The second-order valence-electron chi connectivity index (χ2n) is 26.1. The number of carbonyl (C=O) groups is 2. The molecule has 0 aromatic rings. The van der Waals surface area contributed by atoms with Crippen molar-refractivity contribution in [1.82, 2.24) is 5.32 Å². The molecular formula is C71H142N2O7P+. The molecule has 1 amide bonds. The van der Waals surface area contributed by atoms with Gasteiger partial charge in [0.25, 0.3) is 0 Å². The van der Waals surface area contributed by atoms with Crippen molar-refractivity contribution in [3.63, 3.8) is 0 Å². The number of nitrogens with zero attached hydrogens (tertiary/aromatic N) is 1. The maximum absolute atomic E-state index is 13.6. The molecule has 3 atom stereocenters. The van der Waals surface area contributed by atoms with Crippen LogP contribution in [-0.4, -0.2) is 74.3 Å². The lowest BCUT2D eigenvalue weighted by Crippen LogP contribution is -2.47. The molecule has 482 valence electrons. The molecule has 81 heavy (non-hydrogen) atoms. The molecule has 2 N–H and O–H groups in total. The van der Waals surface area contributed by atoms with Gasteiger partial charge in [-0.3, -0.25) is 18.6 Å². The normalized spacial score (nSPS) is 13.5. The molecule has 0 spiro atoms. The predicted octanol–water partition coefficient (Wildman–Crippen LogP) is 22.7. The SMILES string of the molecule is CCCCCCCCCCCCC/C=C/C(OC(=O)CCCCCCCCCCCCCCCCCCCCCCCCC)C(COP(=O)(O)OCC[N+](C)(C)C)NC(=O)CCCCCCCCCCCCCCCCCCCCC. The fraction of sp³-hybridized carbons (Fsp3) is 0.944. The Bertz CT molecular complexity index is 1390. The van der Waals surface area contributed by atoms with Crippen molar-refractivity contribution < 1.29 is 37.3 Å². The monoisotopic (exact) mass is 1170 g/mol. The molecule has 0 aromatic heterocycles. The number of phosphoric ester groups is 1. The van der Waals surface area contributed by atoms with E-state index < -0.39 is 20.0 Å². The molecule has 0 heterocycles. The highest BCUT2D eigenvalue weighted by Crippen LogP contribution is 2.43. The fourth-order valence-corrected chi connectivity index (χ4v) is 11.9. The lowest BCUT2D eigenvalue weighted by Gasteiger charge is -2.27. The minimum atomic E-state index is -4.45. The average molecular weight is 1170 g/mol. The first-order valence-corrected chi connectivity index (χ1v) is 37.5. The molecule has 0 fully saturated rings. The molecule has 0 aliphatic carbocycles. The summed E-state index contributed by atoms with van der Waals surface area (Å²) in [6.45, 7) is 7.10. The zero-order valence-electron chi connectivity index (χ0n) is 55.3. The molecule has 0 aliphatic heterocycles.